The van der Waals surface area contributed by atoms with Gasteiger partial charge in [-0.2, -0.15) is 0 Å². The Hall–Kier alpha value is -2.32. The van der Waals surface area contributed by atoms with E-state index in [9.17, 15) is 4.79 Å². The number of thioether (sulfide) groups is 1. The third-order valence-corrected chi connectivity index (χ3v) is 5.14. The van der Waals surface area contributed by atoms with Crippen LogP contribution in [-0.2, 0) is 11.3 Å². The van der Waals surface area contributed by atoms with Crippen molar-refractivity contribution in [3.05, 3.63) is 59.8 Å². The van der Waals surface area contributed by atoms with Crippen molar-refractivity contribution in [1.29, 1.82) is 0 Å². The van der Waals surface area contributed by atoms with Crippen LogP contribution in [0.1, 0.15) is 6.92 Å². The molecule has 1 atom stereocenters. The van der Waals surface area contributed by atoms with Crippen LogP contribution in [-0.4, -0.2) is 25.9 Å². The Morgan fingerprint density at radius 2 is 2.15 bits per heavy atom. The number of hydrogen-bond donors (Lipinski definition) is 1. The van der Waals surface area contributed by atoms with Gasteiger partial charge in [-0.05, 0) is 43.3 Å². The summed E-state index contributed by atoms with van der Waals surface area (Å²) in [6, 6.07) is 11.1. The number of benzene rings is 1. The molecule has 1 amide bonds. The highest BCUT2D eigenvalue weighted by atomic mass is 79.9. The molecule has 1 unspecified atom stereocenters. The van der Waals surface area contributed by atoms with Gasteiger partial charge in [-0.3, -0.25) is 9.36 Å². The van der Waals surface area contributed by atoms with Crippen molar-refractivity contribution >= 4 is 39.3 Å². The summed E-state index contributed by atoms with van der Waals surface area (Å²) in [6.07, 6.45) is 3.34. The first-order valence-corrected chi connectivity index (χ1v) is 9.57. The first kappa shape index (κ1) is 18.5. The maximum atomic E-state index is 12.5. The molecule has 0 radical (unpaired) electrons. The van der Waals surface area contributed by atoms with Crippen molar-refractivity contribution in [2.75, 3.05) is 5.32 Å². The van der Waals surface area contributed by atoms with E-state index in [4.69, 9.17) is 4.42 Å². The maximum absolute atomic E-state index is 12.5. The normalized spacial score (nSPS) is 11.9. The van der Waals surface area contributed by atoms with Crippen molar-refractivity contribution in [1.82, 2.24) is 14.8 Å². The minimum absolute atomic E-state index is 0.106. The SMILES string of the molecule is C=CCn1c(SC(C)C(=O)Nc2ccc(Br)cc2)nnc1-c1ccco1. The smallest absolute Gasteiger partial charge is 0.237 e. The van der Waals surface area contributed by atoms with E-state index in [1.807, 2.05) is 41.8 Å². The second-order valence-corrected chi connectivity index (χ2v) is 7.66. The molecule has 1 aromatic carbocycles. The molecule has 2 heterocycles. The highest BCUT2D eigenvalue weighted by Gasteiger charge is 2.21. The van der Waals surface area contributed by atoms with Crippen LogP contribution < -0.4 is 5.32 Å². The third kappa shape index (κ3) is 4.25. The number of carbonyl (C=O) groups is 1. The largest absolute Gasteiger partial charge is 0.461 e. The van der Waals surface area contributed by atoms with Crippen LogP contribution in [0.5, 0.6) is 0 Å². The molecule has 0 aliphatic carbocycles. The summed E-state index contributed by atoms with van der Waals surface area (Å²) >= 11 is 4.71. The molecule has 26 heavy (non-hydrogen) atoms. The fourth-order valence-electron chi connectivity index (χ4n) is 2.25. The van der Waals surface area contributed by atoms with E-state index in [0.29, 0.717) is 23.3 Å². The molecule has 6 nitrogen and oxygen atoms in total. The second kappa shape index (κ2) is 8.37. The predicted octanol–water partition coefficient (Wildman–Crippen LogP) is 4.61. The number of nitrogens with zero attached hydrogens (tertiary/aromatic N) is 3. The molecule has 0 spiro atoms. The number of halogens is 1. The quantitative estimate of drug-likeness (QED) is 0.435. The summed E-state index contributed by atoms with van der Waals surface area (Å²) in [5, 5.41) is 11.6. The van der Waals surface area contributed by atoms with Crippen molar-refractivity contribution in [2.45, 2.75) is 23.9 Å². The molecule has 0 aliphatic rings. The maximum Gasteiger partial charge on any atom is 0.237 e. The Kier molecular flexibility index (Phi) is 5.95. The number of carbonyl (C=O) groups excluding carboxylic acids is 1. The lowest BCUT2D eigenvalue weighted by Gasteiger charge is -2.12. The van der Waals surface area contributed by atoms with Crippen LogP contribution >= 0.6 is 27.7 Å². The predicted molar refractivity (Wildman–Crippen MR) is 106 cm³/mol. The standard InChI is InChI=1S/C18H17BrN4O2S/c1-3-10-23-16(15-5-4-11-25-15)21-22-18(23)26-12(2)17(24)20-14-8-6-13(19)7-9-14/h3-9,11-12H,1,10H2,2H3,(H,20,24). The summed E-state index contributed by atoms with van der Waals surface area (Å²) < 4.78 is 8.25. The lowest BCUT2D eigenvalue weighted by molar-refractivity contribution is -0.115. The monoisotopic (exact) mass is 432 g/mol. The number of allylic oxidation sites excluding steroid dienone is 1. The number of anilines is 1. The van der Waals surface area contributed by atoms with Crippen LogP contribution in [0.15, 0.2) is 69.4 Å². The fraction of sp³-hybridized carbons (Fsp3) is 0.167. The summed E-state index contributed by atoms with van der Waals surface area (Å²) in [5.74, 6) is 1.13. The highest BCUT2D eigenvalue weighted by molar-refractivity contribution is 9.10. The Morgan fingerprint density at radius 1 is 1.38 bits per heavy atom. The van der Waals surface area contributed by atoms with E-state index in [-0.39, 0.29) is 11.2 Å². The molecule has 0 bridgehead atoms. The first-order chi connectivity index (χ1) is 12.6. The van der Waals surface area contributed by atoms with Gasteiger partial charge in [0.15, 0.2) is 10.9 Å². The van der Waals surface area contributed by atoms with Gasteiger partial charge in [0.25, 0.3) is 0 Å². The van der Waals surface area contributed by atoms with E-state index in [1.165, 1.54) is 11.8 Å². The van der Waals surface area contributed by atoms with E-state index < -0.39 is 0 Å². The van der Waals surface area contributed by atoms with Crippen molar-refractivity contribution in [3.8, 4) is 11.6 Å². The van der Waals surface area contributed by atoms with E-state index >= 15 is 0 Å². The zero-order valence-corrected chi connectivity index (χ0v) is 16.5. The number of nitrogens with one attached hydrogen (secondary N) is 1. The van der Waals surface area contributed by atoms with Gasteiger partial charge >= 0.3 is 0 Å². The molecule has 3 rings (SSSR count). The third-order valence-electron chi connectivity index (χ3n) is 3.53. The zero-order chi connectivity index (χ0) is 18.5. The van der Waals surface area contributed by atoms with Gasteiger partial charge in [0.05, 0.1) is 11.5 Å². The molecule has 0 saturated carbocycles. The van der Waals surface area contributed by atoms with E-state index in [2.05, 4.69) is 38.0 Å². The fourth-order valence-corrected chi connectivity index (χ4v) is 3.37. The first-order valence-electron chi connectivity index (χ1n) is 7.89. The van der Waals surface area contributed by atoms with Crippen LogP contribution in [0.25, 0.3) is 11.6 Å². The van der Waals surface area contributed by atoms with Gasteiger partial charge in [0, 0.05) is 16.7 Å². The molecule has 2 aromatic heterocycles. The average Bonchev–Trinajstić information content (AvgIpc) is 3.28. The number of aromatic nitrogens is 3. The van der Waals surface area contributed by atoms with Crippen LogP contribution in [0, 0.1) is 0 Å². The number of furan rings is 1. The Morgan fingerprint density at radius 3 is 2.81 bits per heavy atom. The highest BCUT2D eigenvalue weighted by Crippen LogP contribution is 2.27. The second-order valence-electron chi connectivity index (χ2n) is 5.44. The van der Waals surface area contributed by atoms with Gasteiger partial charge < -0.3 is 9.73 Å². The molecule has 0 fully saturated rings. The van der Waals surface area contributed by atoms with Gasteiger partial charge in [-0.1, -0.05) is 33.8 Å². The minimum atomic E-state index is -0.351. The molecular weight excluding hydrogens is 416 g/mol. The number of rotatable bonds is 7. The molecule has 134 valence electrons. The van der Waals surface area contributed by atoms with Crippen molar-refractivity contribution in [2.24, 2.45) is 0 Å². The summed E-state index contributed by atoms with van der Waals surface area (Å²) in [6.45, 7) is 6.13. The van der Waals surface area contributed by atoms with Gasteiger partial charge in [0.1, 0.15) is 0 Å². The van der Waals surface area contributed by atoms with Gasteiger partial charge in [-0.25, -0.2) is 0 Å². The summed E-state index contributed by atoms with van der Waals surface area (Å²) in [5.41, 5.74) is 0.745. The zero-order valence-electron chi connectivity index (χ0n) is 14.1. The van der Waals surface area contributed by atoms with Crippen LogP contribution in [0.3, 0.4) is 0 Å². The van der Waals surface area contributed by atoms with E-state index in [1.54, 1.807) is 18.4 Å². The molecule has 8 heteroatoms. The van der Waals surface area contributed by atoms with Crippen molar-refractivity contribution < 1.29 is 9.21 Å². The van der Waals surface area contributed by atoms with Crippen LogP contribution in [0.4, 0.5) is 5.69 Å². The lowest BCUT2D eigenvalue weighted by Crippen LogP contribution is -2.22. The average molecular weight is 433 g/mol. The Balaban J connectivity index is 1.74. The molecule has 0 aliphatic heterocycles. The van der Waals surface area contributed by atoms with Gasteiger partial charge in [0.2, 0.25) is 11.7 Å². The number of amides is 1. The lowest BCUT2D eigenvalue weighted by atomic mass is 10.3. The van der Waals surface area contributed by atoms with E-state index in [0.717, 1.165) is 10.2 Å². The summed E-state index contributed by atoms with van der Waals surface area (Å²) in [4.78, 5) is 12.5. The van der Waals surface area contributed by atoms with Gasteiger partial charge in [-0.15, -0.1) is 16.8 Å². The van der Waals surface area contributed by atoms with Crippen LogP contribution in [0.2, 0.25) is 0 Å². The molecule has 3 aromatic rings. The minimum Gasteiger partial charge on any atom is -0.461 e. The summed E-state index contributed by atoms with van der Waals surface area (Å²) in [7, 11) is 0. The Bertz CT molecular complexity index is 891. The topological polar surface area (TPSA) is 73.0 Å². The Labute approximate surface area is 163 Å². The molecule has 1 N–H and O–H groups in total. The molecule has 0 saturated heterocycles. The number of hydrogen-bond acceptors (Lipinski definition) is 5. The molecular formula is C18H17BrN4O2S. The van der Waals surface area contributed by atoms with Crippen molar-refractivity contribution in [3.63, 3.8) is 0 Å².